The highest BCUT2D eigenvalue weighted by Gasteiger charge is 2.04. The van der Waals surface area contributed by atoms with E-state index in [9.17, 15) is 4.79 Å². The van der Waals surface area contributed by atoms with Gasteiger partial charge in [0.2, 0.25) is 0 Å². The molecule has 1 heterocycles. The summed E-state index contributed by atoms with van der Waals surface area (Å²) in [6.45, 7) is 5.85. The van der Waals surface area contributed by atoms with Crippen LogP contribution in [0.4, 0.5) is 5.69 Å². The number of hydrogen-bond acceptors (Lipinski definition) is 4. The number of ether oxygens (including phenoxy) is 1. The maximum absolute atomic E-state index is 11.2. The highest BCUT2D eigenvalue weighted by molar-refractivity contribution is 5.88. The van der Waals surface area contributed by atoms with Gasteiger partial charge >= 0.3 is 5.97 Å². The van der Waals surface area contributed by atoms with Crippen LogP contribution in [-0.4, -0.2) is 17.6 Å². The van der Waals surface area contributed by atoms with E-state index in [4.69, 9.17) is 10.5 Å². The number of nitrogens with zero attached hydrogens (tertiary/aromatic N) is 1. The Bertz CT molecular complexity index is 425. The van der Waals surface area contributed by atoms with Gasteiger partial charge in [0.05, 0.1) is 6.61 Å². The highest BCUT2D eigenvalue weighted by atomic mass is 16.5. The Labute approximate surface area is 95.1 Å². The fourth-order valence-electron chi connectivity index (χ4n) is 1.29. The van der Waals surface area contributed by atoms with Crippen LogP contribution >= 0.6 is 0 Å². The maximum atomic E-state index is 11.2. The van der Waals surface area contributed by atoms with E-state index in [0.29, 0.717) is 12.3 Å². The van der Waals surface area contributed by atoms with Crippen molar-refractivity contribution in [2.45, 2.75) is 20.8 Å². The highest BCUT2D eigenvalue weighted by Crippen LogP contribution is 2.20. The first kappa shape index (κ1) is 12.2. The molecule has 4 nitrogen and oxygen atoms in total. The largest absolute Gasteiger partial charge is 0.463 e. The number of hydrogen-bond donors (Lipinski definition) is 1. The number of anilines is 1. The summed E-state index contributed by atoms with van der Waals surface area (Å²) < 4.78 is 4.79. The Morgan fingerprint density at radius 3 is 2.88 bits per heavy atom. The van der Waals surface area contributed by atoms with E-state index in [1.807, 2.05) is 13.8 Å². The third kappa shape index (κ3) is 2.82. The van der Waals surface area contributed by atoms with Crippen LogP contribution < -0.4 is 5.73 Å². The number of carbonyl (C=O) groups excluding carboxylic acids is 1. The molecule has 1 aromatic rings. The molecular formula is C12H16N2O2. The molecular weight excluding hydrogens is 204 g/mol. The number of rotatable bonds is 3. The second kappa shape index (κ2) is 5.30. The van der Waals surface area contributed by atoms with E-state index >= 15 is 0 Å². The molecule has 0 amide bonds. The predicted molar refractivity (Wildman–Crippen MR) is 63.8 cm³/mol. The molecule has 0 fully saturated rings. The lowest BCUT2D eigenvalue weighted by Gasteiger charge is -2.06. The molecule has 0 aliphatic heterocycles. The standard InChI is InChI=1S/C12H16N2O2/c1-4-16-11(15)6-5-10-9(3)14-7-8(2)12(10)13/h5-7H,4H2,1-3H3,(H2,13,14)/b6-5+. The molecule has 0 aliphatic carbocycles. The topological polar surface area (TPSA) is 65.2 Å². The summed E-state index contributed by atoms with van der Waals surface area (Å²) in [4.78, 5) is 15.3. The SMILES string of the molecule is CCOC(=O)/C=C/c1c(C)ncc(C)c1N. The van der Waals surface area contributed by atoms with E-state index in [0.717, 1.165) is 16.8 Å². The molecule has 4 heteroatoms. The minimum atomic E-state index is -0.372. The number of aromatic nitrogens is 1. The van der Waals surface area contributed by atoms with Gasteiger partial charge in [-0.15, -0.1) is 0 Å². The van der Waals surface area contributed by atoms with Crippen LogP contribution in [0.5, 0.6) is 0 Å². The molecule has 1 aromatic heterocycles. The molecule has 0 radical (unpaired) electrons. The zero-order valence-electron chi connectivity index (χ0n) is 9.78. The lowest BCUT2D eigenvalue weighted by atomic mass is 10.1. The van der Waals surface area contributed by atoms with Crippen LogP contribution in [0.2, 0.25) is 0 Å². The van der Waals surface area contributed by atoms with E-state index in [2.05, 4.69) is 4.98 Å². The molecule has 86 valence electrons. The number of pyridine rings is 1. The summed E-state index contributed by atoms with van der Waals surface area (Å²) in [5.74, 6) is -0.372. The molecule has 16 heavy (non-hydrogen) atoms. The van der Waals surface area contributed by atoms with Crippen LogP contribution in [0.3, 0.4) is 0 Å². The summed E-state index contributed by atoms with van der Waals surface area (Å²) in [6, 6.07) is 0. The van der Waals surface area contributed by atoms with Crippen molar-refractivity contribution >= 4 is 17.7 Å². The van der Waals surface area contributed by atoms with Crippen LogP contribution in [0.25, 0.3) is 6.08 Å². The van der Waals surface area contributed by atoms with Gasteiger partial charge in [0.1, 0.15) is 0 Å². The lowest BCUT2D eigenvalue weighted by molar-refractivity contribution is -0.137. The van der Waals surface area contributed by atoms with Gasteiger partial charge in [-0.25, -0.2) is 4.79 Å². The number of carbonyl (C=O) groups is 1. The molecule has 0 atom stereocenters. The fraction of sp³-hybridized carbons (Fsp3) is 0.333. The zero-order valence-corrected chi connectivity index (χ0v) is 9.78. The quantitative estimate of drug-likeness (QED) is 0.623. The average molecular weight is 220 g/mol. The van der Waals surface area contributed by atoms with E-state index in [-0.39, 0.29) is 5.97 Å². The van der Waals surface area contributed by atoms with Crippen LogP contribution in [0.15, 0.2) is 12.3 Å². The van der Waals surface area contributed by atoms with Crippen molar-refractivity contribution in [3.63, 3.8) is 0 Å². The van der Waals surface area contributed by atoms with Crippen LogP contribution in [0, 0.1) is 13.8 Å². The first-order valence-electron chi connectivity index (χ1n) is 5.12. The second-order valence-corrected chi connectivity index (χ2v) is 3.44. The Morgan fingerprint density at radius 1 is 1.56 bits per heavy atom. The van der Waals surface area contributed by atoms with Crippen LogP contribution in [0.1, 0.15) is 23.7 Å². The van der Waals surface area contributed by atoms with E-state index in [1.165, 1.54) is 6.08 Å². The third-order valence-electron chi connectivity index (χ3n) is 2.23. The summed E-state index contributed by atoms with van der Waals surface area (Å²) in [6.07, 6.45) is 4.72. The van der Waals surface area contributed by atoms with Crippen molar-refractivity contribution in [2.24, 2.45) is 0 Å². The molecule has 0 aliphatic rings. The minimum absolute atomic E-state index is 0.365. The zero-order chi connectivity index (χ0) is 12.1. The molecule has 0 spiro atoms. The van der Waals surface area contributed by atoms with E-state index < -0.39 is 0 Å². The second-order valence-electron chi connectivity index (χ2n) is 3.44. The Kier molecular flexibility index (Phi) is 4.05. The van der Waals surface area contributed by atoms with Crippen molar-refractivity contribution in [3.8, 4) is 0 Å². The maximum Gasteiger partial charge on any atom is 0.330 e. The molecule has 0 unspecified atom stereocenters. The number of nitrogen functional groups attached to an aromatic ring is 1. The molecule has 0 saturated heterocycles. The summed E-state index contributed by atoms with van der Waals surface area (Å²) in [7, 11) is 0. The van der Waals surface area contributed by atoms with Crippen molar-refractivity contribution in [3.05, 3.63) is 29.1 Å². The number of esters is 1. The van der Waals surface area contributed by atoms with Crippen molar-refractivity contribution in [1.29, 1.82) is 0 Å². The van der Waals surface area contributed by atoms with Gasteiger partial charge in [-0.2, -0.15) is 0 Å². The lowest BCUT2D eigenvalue weighted by Crippen LogP contribution is -2.01. The molecule has 1 rings (SSSR count). The normalized spacial score (nSPS) is 10.7. The van der Waals surface area contributed by atoms with Gasteiger partial charge in [-0.1, -0.05) is 0 Å². The molecule has 0 saturated carbocycles. The van der Waals surface area contributed by atoms with Gasteiger partial charge in [0, 0.05) is 29.2 Å². The fourth-order valence-corrected chi connectivity index (χ4v) is 1.29. The van der Waals surface area contributed by atoms with Gasteiger partial charge in [0.15, 0.2) is 0 Å². The van der Waals surface area contributed by atoms with Gasteiger partial charge < -0.3 is 10.5 Å². The van der Waals surface area contributed by atoms with E-state index in [1.54, 1.807) is 19.2 Å². The first-order valence-corrected chi connectivity index (χ1v) is 5.12. The van der Waals surface area contributed by atoms with Crippen molar-refractivity contribution in [1.82, 2.24) is 4.98 Å². The average Bonchev–Trinajstić information content (AvgIpc) is 2.24. The van der Waals surface area contributed by atoms with Crippen LogP contribution in [-0.2, 0) is 9.53 Å². The number of nitrogens with two attached hydrogens (primary N) is 1. The van der Waals surface area contributed by atoms with Crippen molar-refractivity contribution < 1.29 is 9.53 Å². The van der Waals surface area contributed by atoms with Gasteiger partial charge in [-0.3, -0.25) is 4.98 Å². The summed E-state index contributed by atoms with van der Waals surface area (Å²) in [5.41, 5.74) is 9.01. The summed E-state index contributed by atoms with van der Waals surface area (Å²) in [5, 5.41) is 0. The Hall–Kier alpha value is -1.84. The Balaban J connectivity index is 2.97. The van der Waals surface area contributed by atoms with Gasteiger partial charge in [-0.05, 0) is 32.4 Å². The molecule has 0 aromatic carbocycles. The Morgan fingerprint density at radius 2 is 2.25 bits per heavy atom. The molecule has 0 bridgehead atoms. The smallest absolute Gasteiger partial charge is 0.330 e. The third-order valence-corrected chi connectivity index (χ3v) is 2.23. The van der Waals surface area contributed by atoms with Crippen molar-refractivity contribution in [2.75, 3.05) is 12.3 Å². The predicted octanol–water partition coefficient (Wildman–Crippen LogP) is 1.86. The summed E-state index contributed by atoms with van der Waals surface area (Å²) >= 11 is 0. The van der Waals surface area contributed by atoms with Gasteiger partial charge in [0.25, 0.3) is 0 Å². The monoisotopic (exact) mass is 220 g/mol. The molecule has 2 N–H and O–H groups in total. The minimum Gasteiger partial charge on any atom is -0.463 e. The number of aryl methyl sites for hydroxylation is 2. The first-order chi connectivity index (χ1) is 7.56.